The van der Waals surface area contributed by atoms with Crippen LogP contribution < -0.4 is 4.74 Å². The van der Waals surface area contributed by atoms with E-state index in [1.165, 1.54) is 31.7 Å². The third-order valence-corrected chi connectivity index (χ3v) is 2.73. The molecular weight excluding hydrogens is 216 g/mol. The minimum Gasteiger partial charge on any atom is -0.504 e. The monoisotopic (exact) mass is 238 g/mol. The van der Waals surface area contributed by atoms with Crippen LogP contribution in [0.4, 0.5) is 0 Å². The topological polar surface area (TPSA) is 49.7 Å². The van der Waals surface area contributed by atoms with Gasteiger partial charge in [-0.05, 0) is 18.6 Å². The number of hydrogen-bond donors (Lipinski definition) is 2. The molecule has 0 aliphatic rings. The van der Waals surface area contributed by atoms with Gasteiger partial charge in [-0.25, -0.2) is 0 Å². The molecule has 0 bridgehead atoms. The standard InChI is InChI=1S/C14H22O3/c1-2-3-4-5-6-7-11-17-13-10-8-9-12(15)14(13)16/h8-10,15-16H,2-7,11H2,1H3. The third-order valence-electron chi connectivity index (χ3n) is 2.73. The van der Waals surface area contributed by atoms with E-state index in [2.05, 4.69) is 6.92 Å². The zero-order valence-corrected chi connectivity index (χ0v) is 10.5. The molecule has 0 aliphatic carbocycles. The molecule has 0 radical (unpaired) electrons. The predicted molar refractivity (Wildman–Crippen MR) is 68.6 cm³/mol. The molecule has 96 valence electrons. The molecule has 0 aromatic heterocycles. The van der Waals surface area contributed by atoms with E-state index in [4.69, 9.17) is 4.74 Å². The minimum absolute atomic E-state index is 0.134. The van der Waals surface area contributed by atoms with Crippen LogP contribution in [-0.4, -0.2) is 16.8 Å². The third kappa shape index (κ3) is 4.98. The number of para-hydroxylation sites is 1. The first-order valence-electron chi connectivity index (χ1n) is 6.39. The van der Waals surface area contributed by atoms with Gasteiger partial charge in [0.25, 0.3) is 0 Å². The first-order chi connectivity index (χ1) is 8.25. The Balaban J connectivity index is 2.16. The summed E-state index contributed by atoms with van der Waals surface area (Å²) in [7, 11) is 0. The maximum absolute atomic E-state index is 9.50. The van der Waals surface area contributed by atoms with Gasteiger partial charge in [-0.3, -0.25) is 0 Å². The summed E-state index contributed by atoms with van der Waals surface area (Å²) < 4.78 is 5.41. The predicted octanol–water partition coefficient (Wildman–Crippen LogP) is 3.84. The van der Waals surface area contributed by atoms with E-state index in [0.717, 1.165) is 12.8 Å². The molecule has 1 aromatic carbocycles. The van der Waals surface area contributed by atoms with Crippen molar-refractivity contribution in [1.29, 1.82) is 0 Å². The summed E-state index contributed by atoms with van der Waals surface area (Å²) in [6.45, 7) is 2.79. The van der Waals surface area contributed by atoms with Crippen molar-refractivity contribution in [3.05, 3.63) is 18.2 Å². The Morgan fingerprint density at radius 3 is 2.47 bits per heavy atom. The van der Waals surface area contributed by atoms with E-state index in [1.54, 1.807) is 12.1 Å². The van der Waals surface area contributed by atoms with Crippen LogP contribution in [0.3, 0.4) is 0 Å². The number of phenolic OH excluding ortho intramolecular Hbond substituents is 2. The number of hydrogen-bond acceptors (Lipinski definition) is 3. The summed E-state index contributed by atoms with van der Waals surface area (Å²) in [4.78, 5) is 0. The van der Waals surface area contributed by atoms with Gasteiger partial charge in [0.15, 0.2) is 11.5 Å². The lowest BCUT2D eigenvalue weighted by molar-refractivity contribution is 0.283. The van der Waals surface area contributed by atoms with Crippen molar-refractivity contribution in [3.8, 4) is 17.2 Å². The van der Waals surface area contributed by atoms with Crippen molar-refractivity contribution in [3.63, 3.8) is 0 Å². The second-order valence-electron chi connectivity index (χ2n) is 4.24. The average molecular weight is 238 g/mol. The second kappa shape index (κ2) is 7.82. The molecule has 0 atom stereocenters. The molecule has 0 unspecified atom stereocenters. The number of aromatic hydroxyl groups is 2. The van der Waals surface area contributed by atoms with E-state index < -0.39 is 0 Å². The Labute approximate surface area is 103 Å². The zero-order valence-electron chi connectivity index (χ0n) is 10.5. The van der Waals surface area contributed by atoms with Gasteiger partial charge in [-0.2, -0.15) is 0 Å². The fourth-order valence-electron chi connectivity index (χ4n) is 1.69. The average Bonchev–Trinajstić information content (AvgIpc) is 2.33. The molecule has 2 N–H and O–H groups in total. The molecule has 0 spiro atoms. The van der Waals surface area contributed by atoms with E-state index in [0.29, 0.717) is 12.4 Å². The quantitative estimate of drug-likeness (QED) is 0.534. The lowest BCUT2D eigenvalue weighted by atomic mass is 10.1. The molecule has 1 rings (SSSR count). The van der Waals surface area contributed by atoms with Crippen molar-refractivity contribution in [2.75, 3.05) is 6.61 Å². The van der Waals surface area contributed by atoms with E-state index >= 15 is 0 Å². The molecule has 0 saturated heterocycles. The molecule has 3 nitrogen and oxygen atoms in total. The lowest BCUT2D eigenvalue weighted by Gasteiger charge is -2.08. The van der Waals surface area contributed by atoms with E-state index in [1.807, 2.05) is 0 Å². The van der Waals surface area contributed by atoms with Crippen LogP contribution in [0.25, 0.3) is 0 Å². The second-order valence-corrected chi connectivity index (χ2v) is 4.24. The van der Waals surface area contributed by atoms with Crippen LogP contribution in [0, 0.1) is 0 Å². The lowest BCUT2D eigenvalue weighted by Crippen LogP contribution is -1.97. The molecule has 0 fully saturated rings. The van der Waals surface area contributed by atoms with Gasteiger partial charge in [0.05, 0.1) is 6.61 Å². The number of unbranched alkanes of at least 4 members (excludes halogenated alkanes) is 5. The maximum Gasteiger partial charge on any atom is 0.200 e. The summed E-state index contributed by atoms with van der Waals surface area (Å²) in [6, 6.07) is 4.75. The van der Waals surface area contributed by atoms with Gasteiger partial charge in [0.1, 0.15) is 0 Å². The maximum atomic E-state index is 9.50. The van der Waals surface area contributed by atoms with Crippen molar-refractivity contribution in [1.82, 2.24) is 0 Å². The van der Waals surface area contributed by atoms with Gasteiger partial charge in [0.2, 0.25) is 5.75 Å². The van der Waals surface area contributed by atoms with Crippen LogP contribution in [-0.2, 0) is 0 Å². The first-order valence-corrected chi connectivity index (χ1v) is 6.39. The molecule has 0 amide bonds. The summed E-state index contributed by atoms with van der Waals surface area (Å²) in [6.07, 6.45) is 7.22. The number of ether oxygens (including phenoxy) is 1. The first kappa shape index (κ1) is 13.7. The van der Waals surface area contributed by atoms with Crippen molar-refractivity contribution in [2.45, 2.75) is 45.4 Å². The highest BCUT2D eigenvalue weighted by atomic mass is 16.5. The summed E-state index contributed by atoms with van der Waals surface area (Å²) in [5, 5.41) is 18.8. The van der Waals surface area contributed by atoms with Crippen LogP contribution in [0.2, 0.25) is 0 Å². The summed E-state index contributed by atoms with van der Waals surface area (Å²) in [5.74, 6) is 0.0579. The van der Waals surface area contributed by atoms with Crippen LogP contribution in [0.15, 0.2) is 18.2 Å². The molecular formula is C14H22O3. The molecule has 1 aromatic rings. The number of rotatable bonds is 8. The Morgan fingerprint density at radius 2 is 1.71 bits per heavy atom. The van der Waals surface area contributed by atoms with Crippen LogP contribution in [0.5, 0.6) is 17.2 Å². The minimum atomic E-state index is -0.168. The molecule has 3 heteroatoms. The number of benzene rings is 1. The summed E-state index contributed by atoms with van der Waals surface area (Å²) in [5.41, 5.74) is 0. The van der Waals surface area contributed by atoms with E-state index in [-0.39, 0.29) is 11.5 Å². The normalized spacial score (nSPS) is 10.4. The highest BCUT2D eigenvalue weighted by molar-refractivity contribution is 5.48. The molecule has 0 heterocycles. The highest BCUT2D eigenvalue weighted by Crippen LogP contribution is 2.34. The zero-order chi connectivity index (χ0) is 12.5. The van der Waals surface area contributed by atoms with Crippen molar-refractivity contribution >= 4 is 0 Å². The fourth-order valence-corrected chi connectivity index (χ4v) is 1.69. The number of phenols is 2. The van der Waals surface area contributed by atoms with Crippen LogP contribution >= 0.6 is 0 Å². The largest absolute Gasteiger partial charge is 0.504 e. The smallest absolute Gasteiger partial charge is 0.200 e. The summed E-state index contributed by atoms with van der Waals surface area (Å²) >= 11 is 0. The Kier molecular flexibility index (Phi) is 6.30. The SMILES string of the molecule is CCCCCCCCOc1cccc(O)c1O. The molecule has 17 heavy (non-hydrogen) atoms. The van der Waals surface area contributed by atoms with Crippen molar-refractivity contribution < 1.29 is 14.9 Å². The fraction of sp³-hybridized carbons (Fsp3) is 0.571. The highest BCUT2D eigenvalue weighted by Gasteiger charge is 2.05. The van der Waals surface area contributed by atoms with Crippen LogP contribution in [0.1, 0.15) is 45.4 Å². The Bertz CT molecular complexity index is 323. The Morgan fingerprint density at radius 1 is 1.00 bits per heavy atom. The molecule has 0 aliphatic heterocycles. The van der Waals surface area contributed by atoms with E-state index in [9.17, 15) is 10.2 Å². The Hall–Kier alpha value is -1.38. The van der Waals surface area contributed by atoms with Gasteiger partial charge < -0.3 is 14.9 Å². The van der Waals surface area contributed by atoms with Gasteiger partial charge in [0, 0.05) is 0 Å². The van der Waals surface area contributed by atoms with Gasteiger partial charge >= 0.3 is 0 Å². The van der Waals surface area contributed by atoms with Gasteiger partial charge in [-0.1, -0.05) is 45.1 Å². The van der Waals surface area contributed by atoms with Gasteiger partial charge in [-0.15, -0.1) is 0 Å². The van der Waals surface area contributed by atoms with Crippen molar-refractivity contribution in [2.24, 2.45) is 0 Å². The molecule has 0 saturated carbocycles.